The molecule has 1 N–H and O–H groups in total. The number of imidazole rings is 1. The van der Waals surface area contributed by atoms with Crippen molar-refractivity contribution in [1.29, 1.82) is 0 Å². The lowest BCUT2D eigenvalue weighted by atomic mass is 10.3. The van der Waals surface area contributed by atoms with E-state index in [9.17, 15) is 4.79 Å². The first-order valence-corrected chi connectivity index (χ1v) is 8.11. The second-order valence-electron chi connectivity index (χ2n) is 5.59. The monoisotopic (exact) mass is 323 g/mol. The van der Waals surface area contributed by atoms with Crippen molar-refractivity contribution in [2.75, 3.05) is 6.61 Å². The van der Waals surface area contributed by atoms with Crippen molar-refractivity contribution >= 4 is 16.9 Å². The van der Waals surface area contributed by atoms with Crippen LogP contribution in [0.1, 0.15) is 25.7 Å². The van der Waals surface area contributed by atoms with Crippen LogP contribution in [0.3, 0.4) is 0 Å². The van der Waals surface area contributed by atoms with Crippen LogP contribution in [0.4, 0.5) is 0 Å². The first-order valence-electron chi connectivity index (χ1n) is 8.11. The molecule has 5 nitrogen and oxygen atoms in total. The number of fused-ring (bicyclic) bond motifs is 1. The zero-order valence-electron chi connectivity index (χ0n) is 13.9. The molecule has 0 saturated heterocycles. The maximum atomic E-state index is 12.1. The highest BCUT2D eigenvalue weighted by molar-refractivity contribution is 5.79. The molecule has 0 radical (unpaired) electrons. The Balaban J connectivity index is 1.68. The Bertz CT molecular complexity index is 827. The van der Waals surface area contributed by atoms with Crippen LogP contribution in [-0.4, -0.2) is 22.1 Å². The van der Waals surface area contributed by atoms with Gasteiger partial charge in [0, 0.05) is 6.54 Å². The number of ether oxygens (including phenoxy) is 1. The fourth-order valence-electron chi connectivity index (χ4n) is 2.77. The highest BCUT2D eigenvalue weighted by Gasteiger charge is 2.17. The third-order valence-electron chi connectivity index (χ3n) is 3.88. The van der Waals surface area contributed by atoms with Crippen LogP contribution < -0.4 is 10.1 Å². The van der Waals surface area contributed by atoms with Gasteiger partial charge >= 0.3 is 0 Å². The van der Waals surface area contributed by atoms with Crippen LogP contribution in [0.25, 0.3) is 11.0 Å². The Labute approximate surface area is 141 Å². The zero-order valence-corrected chi connectivity index (χ0v) is 13.9. The quantitative estimate of drug-likeness (QED) is 0.757. The summed E-state index contributed by atoms with van der Waals surface area (Å²) in [5.41, 5.74) is 2.02. The number of hydrogen-bond acceptors (Lipinski definition) is 3. The van der Waals surface area contributed by atoms with Crippen molar-refractivity contribution < 1.29 is 9.53 Å². The number of nitrogens with zero attached hydrogens (tertiary/aromatic N) is 2. The van der Waals surface area contributed by atoms with Crippen molar-refractivity contribution in [3.05, 3.63) is 60.4 Å². The van der Waals surface area contributed by atoms with Crippen molar-refractivity contribution in [3.8, 4) is 5.75 Å². The molecule has 1 heterocycles. The van der Waals surface area contributed by atoms with Gasteiger partial charge in [-0.05, 0) is 38.1 Å². The van der Waals surface area contributed by atoms with Gasteiger partial charge in [-0.1, -0.05) is 30.3 Å². The third-order valence-corrected chi connectivity index (χ3v) is 3.88. The largest absolute Gasteiger partial charge is 0.484 e. The molecule has 0 spiro atoms. The van der Waals surface area contributed by atoms with E-state index in [-0.39, 0.29) is 18.6 Å². The lowest BCUT2D eigenvalue weighted by molar-refractivity contribution is -0.123. The molecule has 124 valence electrons. The Morgan fingerprint density at radius 1 is 1.17 bits per heavy atom. The SMILES string of the molecule is CCn1c(C(C)NC(=O)COc2ccccc2)nc2ccccc21. The van der Waals surface area contributed by atoms with Crippen LogP contribution >= 0.6 is 0 Å². The second-order valence-corrected chi connectivity index (χ2v) is 5.59. The van der Waals surface area contributed by atoms with E-state index in [4.69, 9.17) is 4.74 Å². The predicted molar refractivity (Wildman–Crippen MR) is 93.9 cm³/mol. The zero-order chi connectivity index (χ0) is 16.9. The fourth-order valence-corrected chi connectivity index (χ4v) is 2.77. The number of benzene rings is 2. The maximum absolute atomic E-state index is 12.1. The normalized spacial score (nSPS) is 12.1. The van der Waals surface area contributed by atoms with Gasteiger partial charge in [0.1, 0.15) is 11.6 Å². The summed E-state index contributed by atoms with van der Waals surface area (Å²) in [6.45, 7) is 4.80. The molecular weight excluding hydrogens is 302 g/mol. The molecule has 1 amide bonds. The number of hydrogen-bond donors (Lipinski definition) is 1. The minimum atomic E-state index is -0.191. The minimum Gasteiger partial charge on any atom is -0.484 e. The number of carbonyl (C=O) groups excluding carboxylic acids is 1. The molecule has 0 bridgehead atoms. The molecule has 2 aromatic carbocycles. The molecule has 0 saturated carbocycles. The van der Waals surface area contributed by atoms with Crippen LogP contribution in [0.2, 0.25) is 0 Å². The Morgan fingerprint density at radius 3 is 2.62 bits per heavy atom. The highest BCUT2D eigenvalue weighted by Crippen LogP contribution is 2.20. The summed E-state index contributed by atoms with van der Waals surface area (Å²) >= 11 is 0. The van der Waals surface area contributed by atoms with Gasteiger partial charge in [-0.2, -0.15) is 0 Å². The minimum absolute atomic E-state index is 0.0132. The average molecular weight is 323 g/mol. The summed E-state index contributed by atoms with van der Waals surface area (Å²) in [5.74, 6) is 1.37. The van der Waals surface area contributed by atoms with E-state index >= 15 is 0 Å². The van der Waals surface area contributed by atoms with Crippen LogP contribution in [-0.2, 0) is 11.3 Å². The summed E-state index contributed by atoms with van der Waals surface area (Å²) in [6.07, 6.45) is 0. The summed E-state index contributed by atoms with van der Waals surface area (Å²) in [7, 11) is 0. The topological polar surface area (TPSA) is 56.2 Å². The Hall–Kier alpha value is -2.82. The number of rotatable bonds is 6. The van der Waals surface area contributed by atoms with Gasteiger partial charge in [-0.15, -0.1) is 0 Å². The second kappa shape index (κ2) is 7.17. The highest BCUT2D eigenvalue weighted by atomic mass is 16.5. The summed E-state index contributed by atoms with van der Waals surface area (Å²) < 4.78 is 7.60. The molecule has 1 atom stereocenters. The van der Waals surface area contributed by atoms with Gasteiger partial charge in [-0.3, -0.25) is 4.79 Å². The summed E-state index contributed by atoms with van der Waals surface area (Å²) in [6, 6.07) is 17.1. The first kappa shape index (κ1) is 16.1. The maximum Gasteiger partial charge on any atom is 0.258 e. The van der Waals surface area contributed by atoms with Crippen molar-refractivity contribution in [3.63, 3.8) is 0 Å². The number of aromatic nitrogens is 2. The smallest absolute Gasteiger partial charge is 0.258 e. The third kappa shape index (κ3) is 3.40. The number of carbonyl (C=O) groups is 1. The standard InChI is InChI=1S/C19H21N3O2/c1-3-22-17-12-8-7-11-16(17)21-19(22)14(2)20-18(23)13-24-15-9-5-4-6-10-15/h4-12,14H,3,13H2,1-2H3,(H,20,23). The van der Waals surface area contributed by atoms with Gasteiger partial charge in [0.25, 0.3) is 5.91 Å². The van der Waals surface area contributed by atoms with E-state index in [1.807, 2.05) is 61.5 Å². The van der Waals surface area contributed by atoms with E-state index in [0.29, 0.717) is 5.75 Å². The molecular formula is C19H21N3O2. The van der Waals surface area contributed by atoms with Crippen molar-refractivity contribution in [2.24, 2.45) is 0 Å². The van der Waals surface area contributed by atoms with E-state index in [1.54, 1.807) is 0 Å². The van der Waals surface area contributed by atoms with Crippen LogP contribution in [0.15, 0.2) is 54.6 Å². The van der Waals surface area contributed by atoms with E-state index in [0.717, 1.165) is 23.4 Å². The number of para-hydroxylation sites is 3. The van der Waals surface area contributed by atoms with E-state index < -0.39 is 0 Å². The lowest BCUT2D eigenvalue weighted by Crippen LogP contribution is -2.32. The lowest BCUT2D eigenvalue weighted by Gasteiger charge is -2.15. The number of nitrogens with one attached hydrogen (secondary N) is 1. The first-order chi connectivity index (χ1) is 11.7. The molecule has 24 heavy (non-hydrogen) atoms. The number of aryl methyl sites for hydroxylation is 1. The van der Waals surface area contributed by atoms with Crippen molar-refractivity contribution in [1.82, 2.24) is 14.9 Å². The summed E-state index contributed by atoms with van der Waals surface area (Å²) in [4.78, 5) is 16.8. The molecule has 1 unspecified atom stereocenters. The van der Waals surface area contributed by atoms with E-state index in [2.05, 4.69) is 21.8 Å². The van der Waals surface area contributed by atoms with Gasteiger partial charge in [-0.25, -0.2) is 4.98 Å². The molecule has 3 aromatic rings. The van der Waals surface area contributed by atoms with E-state index in [1.165, 1.54) is 0 Å². The molecule has 0 fully saturated rings. The fraction of sp³-hybridized carbons (Fsp3) is 0.263. The molecule has 5 heteroatoms. The molecule has 0 aliphatic carbocycles. The van der Waals surface area contributed by atoms with Crippen LogP contribution in [0.5, 0.6) is 5.75 Å². The number of amides is 1. The molecule has 0 aliphatic rings. The Morgan fingerprint density at radius 2 is 1.88 bits per heavy atom. The van der Waals surface area contributed by atoms with Gasteiger partial charge in [0.2, 0.25) is 0 Å². The molecule has 0 aliphatic heterocycles. The average Bonchev–Trinajstić information content (AvgIpc) is 2.99. The summed E-state index contributed by atoms with van der Waals surface area (Å²) in [5, 5.41) is 2.95. The van der Waals surface area contributed by atoms with Crippen molar-refractivity contribution in [2.45, 2.75) is 26.4 Å². The van der Waals surface area contributed by atoms with Gasteiger partial charge in [0.05, 0.1) is 17.1 Å². The van der Waals surface area contributed by atoms with Gasteiger partial charge < -0.3 is 14.6 Å². The van der Waals surface area contributed by atoms with Gasteiger partial charge in [0.15, 0.2) is 6.61 Å². The Kier molecular flexibility index (Phi) is 4.79. The molecule has 3 rings (SSSR count). The predicted octanol–water partition coefficient (Wildman–Crippen LogP) is 3.31. The molecule has 1 aromatic heterocycles. The van der Waals surface area contributed by atoms with Crippen LogP contribution in [0, 0.1) is 0 Å².